The van der Waals surface area contributed by atoms with Gasteiger partial charge in [-0.1, -0.05) is 13.8 Å². The van der Waals surface area contributed by atoms with Crippen LogP contribution in [0.25, 0.3) is 0 Å². The van der Waals surface area contributed by atoms with E-state index in [1.165, 1.54) is 0 Å². The van der Waals surface area contributed by atoms with Crippen molar-refractivity contribution in [1.29, 1.82) is 0 Å². The van der Waals surface area contributed by atoms with E-state index in [2.05, 4.69) is 5.32 Å². The predicted octanol–water partition coefficient (Wildman–Crippen LogP) is 0.248. The summed E-state index contributed by atoms with van der Waals surface area (Å²) in [5, 5.41) is 11.7. The Kier molecular flexibility index (Phi) is 4.11. The molecule has 0 radical (unpaired) electrons. The summed E-state index contributed by atoms with van der Waals surface area (Å²) in [6, 6.07) is -0.421. The Bertz CT molecular complexity index is 225. The molecule has 0 spiro atoms. The normalized spacial score (nSPS) is 20.1. The Balaban J connectivity index is 2.28. The smallest absolute Gasteiger partial charge is 0.237 e. The minimum Gasteiger partial charge on any atom is -0.396 e. The molecular weight excluding hydrogens is 192 g/mol. The Morgan fingerprint density at radius 1 is 1.53 bits per heavy atom. The van der Waals surface area contributed by atoms with Crippen molar-refractivity contribution in [2.45, 2.75) is 39.2 Å². The van der Waals surface area contributed by atoms with E-state index < -0.39 is 6.04 Å². The molecule has 4 heteroatoms. The quantitative estimate of drug-likeness (QED) is 0.593. The average Bonchev–Trinajstić information content (AvgIpc) is 2.94. The highest BCUT2D eigenvalue weighted by Gasteiger charge is 2.42. The first-order chi connectivity index (χ1) is 7.01. The number of carbonyl (C=O) groups excluding carboxylic acids is 1. The fraction of sp³-hybridized carbons (Fsp3) is 0.909. The van der Waals surface area contributed by atoms with Crippen molar-refractivity contribution < 1.29 is 9.90 Å². The minimum atomic E-state index is -0.421. The number of carbonyl (C=O) groups is 1. The number of aliphatic hydroxyl groups excluding tert-OH is 1. The molecule has 1 atom stereocenters. The Morgan fingerprint density at radius 2 is 2.13 bits per heavy atom. The molecule has 4 nitrogen and oxygen atoms in total. The standard InChI is InChI=1S/C11H22N2O2/c1-8(2)9(12)10(15)13-7-11(3-4-11)5-6-14/h8-9,14H,3-7,12H2,1-2H3,(H,13,15). The van der Waals surface area contributed by atoms with Crippen molar-refractivity contribution in [3.8, 4) is 0 Å². The molecule has 1 fully saturated rings. The highest BCUT2D eigenvalue weighted by Crippen LogP contribution is 2.47. The lowest BCUT2D eigenvalue weighted by molar-refractivity contribution is -0.123. The third-order valence-electron chi connectivity index (χ3n) is 3.26. The molecule has 0 aromatic rings. The molecule has 0 aromatic heterocycles. The largest absolute Gasteiger partial charge is 0.396 e. The summed E-state index contributed by atoms with van der Waals surface area (Å²) < 4.78 is 0. The van der Waals surface area contributed by atoms with Gasteiger partial charge in [-0.15, -0.1) is 0 Å². The van der Waals surface area contributed by atoms with Crippen LogP contribution in [-0.2, 0) is 4.79 Å². The number of amides is 1. The van der Waals surface area contributed by atoms with Gasteiger partial charge in [0.2, 0.25) is 5.91 Å². The van der Waals surface area contributed by atoms with E-state index in [0.29, 0.717) is 6.54 Å². The summed E-state index contributed by atoms with van der Waals surface area (Å²) in [6.07, 6.45) is 2.99. The molecule has 1 amide bonds. The van der Waals surface area contributed by atoms with Gasteiger partial charge in [0, 0.05) is 13.2 Å². The molecule has 1 saturated carbocycles. The minimum absolute atomic E-state index is 0.0748. The Morgan fingerprint density at radius 3 is 2.53 bits per heavy atom. The van der Waals surface area contributed by atoms with Gasteiger partial charge < -0.3 is 16.2 Å². The summed E-state index contributed by atoms with van der Waals surface area (Å²) in [5.41, 5.74) is 5.89. The maximum absolute atomic E-state index is 11.6. The van der Waals surface area contributed by atoms with Crippen LogP contribution >= 0.6 is 0 Å². The average molecular weight is 214 g/mol. The van der Waals surface area contributed by atoms with Crippen molar-refractivity contribution in [2.24, 2.45) is 17.1 Å². The summed E-state index contributed by atoms with van der Waals surface area (Å²) in [7, 11) is 0. The molecule has 0 aromatic carbocycles. The number of aliphatic hydroxyl groups is 1. The van der Waals surface area contributed by atoms with Crippen LogP contribution in [0.1, 0.15) is 33.1 Å². The number of nitrogens with two attached hydrogens (primary N) is 1. The van der Waals surface area contributed by atoms with Crippen molar-refractivity contribution in [1.82, 2.24) is 5.32 Å². The third kappa shape index (κ3) is 3.47. The molecule has 0 heterocycles. The number of nitrogens with one attached hydrogen (secondary N) is 1. The van der Waals surface area contributed by atoms with Crippen molar-refractivity contribution in [3.05, 3.63) is 0 Å². The van der Waals surface area contributed by atoms with Crippen molar-refractivity contribution in [3.63, 3.8) is 0 Å². The molecule has 1 unspecified atom stereocenters. The van der Waals surface area contributed by atoms with Crippen LogP contribution in [0, 0.1) is 11.3 Å². The molecule has 1 aliphatic carbocycles. The lowest BCUT2D eigenvalue weighted by atomic mass is 10.0. The van der Waals surface area contributed by atoms with Crippen LogP contribution in [0.3, 0.4) is 0 Å². The van der Waals surface area contributed by atoms with Crippen molar-refractivity contribution in [2.75, 3.05) is 13.2 Å². The molecule has 1 aliphatic rings. The zero-order valence-corrected chi connectivity index (χ0v) is 9.62. The maximum Gasteiger partial charge on any atom is 0.237 e. The Hall–Kier alpha value is -0.610. The van der Waals surface area contributed by atoms with Gasteiger partial charge in [-0.2, -0.15) is 0 Å². The molecule has 4 N–H and O–H groups in total. The van der Waals surface area contributed by atoms with Gasteiger partial charge in [0.05, 0.1) is 6.04 Å². The zero-order valence-electron chi connectivity index (χ0n) is 9.62. The van der Waals surface area contributed by atoms with Crippen molar-refractivity contribution >= 4 is 5.91 Å². The van der Waals surface area contributed by atoms with E-state index in [1.807, 2.05) is 13.8 Å². The monoisotopic (exact) mass is 214 g/mol. The lowest BCUT2D eigenvalue weighted by Crippen LogP contribution is -2.45. The van der Waals surface area contributed by atoms with E-state index in [4.69, 9.17) is 10.8 Å². The topological polar surface area (TPSA) is 75.4 Å². The highest BCUT2D eigenvalue weighted by molar-refractivity contribution is 5.81. The maximum atomic E-state index is 11.6. The molecule has 88 valence electrons. The SMILES string of the molecule is CC(C)C(N)C(=O)NCC1(CCO)CC1. The third-order valence-corrected chi connectivity index (χ3v) is 3.26. The predicted molar refractivity (Wildman–Crippen MR) is 59.2 cm³/mol. The number of hydrogen-bond acceptors (Lipinski definition) is 3. The second-order valence-electron chi connectivity index (χ2n) is 4.96. The van der Waals surface area contributed by atoms with Crippen LogP contribution in [0.5, 0.6) is 0 Å². The molecular formula is C11H22N2O2. The summed E-state index contributed by atoms with van der Waals surface area (Å²) in [6.45, 7) is 4.73. The second kappa shape index (κ2) is 4.94. The first kappa shape index (κ1) is 12.5. The number of hydrogen-bond donors (Lipinski definition) is 3. The first-order valence-corrected chi connectivity index (χ1v) is 5.65. The molecule has 0 aliphatic heterocycles. The van der Waals surface area contributed by atoms with E-state index in [-0.39, 0.29) is 23.8 Å². The molecule has 1 rings (SSSR count). The zero-order chi connectivity index (χ0) is 11.5. The van der Waals surface area contributed by atoms with Crippen LogP contribution in [0.4, 0.5) is 0 Å². The van der Waals surface area contributed by atoms with E-state index in [1.54, 1.807) is 0 Å². The Labute approximate surface area is 91.2 Å². The summed E-state index contributed by atoms with van der Waals surface area (Å²) in [4.78, 5) is 11.6. The van der Waals surface area contributed by atoms with Gasteiger partial charge in [0.25, 0.3) is 0 Å². The fourth-order valence-electron chi connectivity index (χ4n) is 1.62. The van der Waals surface area contributed by atoms with Crippen LogP contribution in [0.15, 0.2) is 0 Å². The lowest BCUT2D eigenvalue weighted by Gasteiger charge is -2.19. The van der Waals surface area contributed by atoms with Crippen LogP contribution in [0.2, 0.25) is 0 Å². The highest BCUT2D eigenvalue weighted by atomic mass is 16.3. The van der Waals surface area contributed by atoms with Gasteiger partial charge in [-0.25, -0.2) is 0 Å². The van der Waals surface area contributed by atoms with E-state index in [0.717, 1.165) is 19.3 Å². The molecule has 0 bridgehead atoms. The van der Waals surface area contributed by atoms with E-state index in [9.17, 15) is 4.79 Å². The number of rotatable bonds is 6. The molecule has 0 saturated heterocycles. The van der Waals surface area contributed by atoms with Gasteiger partial charge in [-0.05, 0) is 30.6 Å². The van der Waals surface area contributed by atoms with Crippen LogP contribution < -0.4 is 11.1 Å². The van der Waals surface area contributed by atoms with Gasteiger partial charge >= 0.3 is 0 Å². The summed E-state index contributed by atoms with van der Waals surface area (Å²) in [5.74, 6) is 0.0900. The second-order valence-corrected chi connectivity index (χ2v) is 4.96. The van der Waals surface area contributed by atoms with Gasteiger partial charge in [-0.3, -0.25) is 4.79 Å². The van der Waals surface area contributed by atoms with Gasteiger partial charge in [0.15, 0.2) is 0 Å². The first-order valence-electron chi connectivity index (χ1n) is 5.65. The van der Waals surface area contributed by atoms with Gasteiger partial charge in [0.1, 0.15) is 0 Å². The van der Waals surface area contributed by atoms with Crippen LogP contribution in [-0.4, -0.2) is 30.2 Å². The summed E-state index contributed by atoms with van der Waals surface area (Å²) >= 11 is 0. The fourth-order valence-corrected chi connectivity index (χ4v) is 1.62. The molecule has 15 heavy (non-hydrogen) atoms. The van der Waals surface area contributed by atoms with E-state index >= 15 is 0 Å².